The third kappa shape index (κ3) is 6.63. The summed E-state index contributed by atoms with van der Waals surface area (Å²) in [5, 5.41) is 7.54. The van der Waals surface area contributed by atoms with Gasteiger partial charge in [-0.05, 0) is 86.1 Å². The van der Waals surface area contributed by atoms with Crippen LogP contribution < -0.4 is 4.31 Å². The lowest BCUT2D eigenvalue weighted by Gasteiger charge is -2.49. The number of sulfonamides is 1. The van der Waals surface area contributed by atoms with Crippen LogP contribution in [-0.4, -0.2) is 58.3 Å². The topological polar surface area (TPSA) is 108 Å². The Balaban J connectivity index is 1.37. The minimum absolute atomic E-state index is 0.0121. The van der Waals surface area contributed by atoms with Crippen molar-refractivity contribution in [3.05, 3.63) is 111 Å². The molecule has 246 valence electrons. The SMILES string of the molecule is Cc1nc(CC2OC(c3cccc(Cl)c3)C(c3ccc(Cl)cc3)N(C(CN(c3ccccc3F)S(=O)(=O)C3CC3)C3CC3)C2=O)n[nH]1. The first kappa shape index (κ1) is 32.1. The molecule has 3 fully saturated rings. The molecule has 7 rings (SSSR count). The van der Waals surface area contributed by atoms with Gasteiger partial charge in [-0.2, -0.15) is 5.10 Å². The number of hydrogen-bond donors (Lipinski definition) is 1. The van der Waals surface area contributed by atoms with Crippen LogP contribution in [0.3, 0.4) is 0 Å². The lowest BCUT2D eigenvalue weighted by Crippen LogP contribution is -2.59. The Morgan fingerprint density at radius 1 is 1.00 bits per heavy atom. The van der Waals surface area contributed by atoms with Crippen molar-refractivity contribution in [2.45, 2.75) is 68.6 Å². The number of aromatic amines is 1. The molecule has 1 N–H and O–H groups in total. The van der Waals surface area contributed by atoms with E-state index in [-0.39, 0.29) is 30.5 Å². The maximum atomic E-state index is 15.4. The highest BCUT2D eigenvalue weighted by atomic mass is 35.5. The number of ether oxygens (including phenoxy) is 1. The number of para-hydroxylation sites is 1. The Morgan fingerprint density at radius 2 is 1.74 bits per heavy atom. The molecule has 9 nitrogen and oxygen atoms in total. The summed E-state index contributed by atoms with van der Waals surface area (Å²) in [5.41, 5.74) is 1.48. The van der Waals surface area contributed by atoms with Gasteiger partial charge in [0.25, 0.3) is 5.91 Å². The van der Waals surface area contributed by atoms with Crippen LogP contribution >= 0.6 is 23.2 Å². The fraction of sp³-hybridized carbons (Fsp3) is 0.382. The van der Waals surface area contributed by atoms with E-state index in [1.165, 1.54) is 22.5 Å². The Kier molecular flexibility index (Phi) is 8.75. The molecule has 1 aromatic heterocycles. The van der Waals surface area contributed by atoms with Gasteiger partial charge >= 0.3 is 0 Å². The number of anilines is 1. The summed E-state index contributed by atoms with van der Waals surface area (Å²) in [6.07, 6.45) is 1.04. The molecule has 0 radical (unpaired) electrons. The van der Waals surface area contributed by atoms with Crippen LogP contribution in [0.25, 0.3) is 0 Å². The second-order valence-corrected chi connectivity index (χ2v) is 15.5. The normalized spacial score (nSPS) is 22.3. The molecule has 1 aliphatic heterocycles. The summed E-state index contributed by atoms with van der Waals surface area (Å²) in [4.78, 5) is 21.0. The molecule has 4 aromatic rings. The lowest BCUT2D eigenvalue weighted by atomic mass is 9.89. The van der Waals surface area contributed by atoms with Gasteiger partial charge in [-0.3, -0.25) is 14.2 Å². The largest absolute Gasteiger partial charge is 0.357 e. The van der Waals surface area contributed by atoms with E-state index in [0.29, 0.717) is 34.5 Å². The van der Waals surface area contributed by atoms with Crippen LogP contribution in [0.1, 0.15) is 60.6 Å². The molecule has 2 saturated carbocycles. The molecule has 47 heavy (non-hydrogen) atoms. The number of nitrogens with zero attached hydrogens (tertiary/aromatic N) is 4. The molecule has 0 spiro atoms. The maximum Gasteiger partial charge on any atom is 0.253 e. The number of amides is 1. The third-order valence-electron chi connectivity index (χ3n) is 9.08. The van der Waals surface area contributed by atoms with Gasteiger partial charge in [0, 0.05) is 16.5 Å². The quantitative estimate of drug-likeness (QED) is 0.190. The van der Waals surface area contributed by atoms with E-state index < -0.39 is 45.4 Å². The molecule has 13 heteroatoms. The highest BCUT2D eigenvalue weighted by Crippen LogP contribution is 2.49. The van der Waals surface area contributed by atoms with Gasteiger partial charge in [0.1, 0.15) is 23.8 Å². The number of carbonyl (C=O) groups excluding carboxylic acids is 1. The van der Waals surface area contributed by atoms with E-state index in [1.807, 2.05) is 30.3 Å². The number of hydrogen-bond acceptors (Lipinski definition) is 6. The van der Waals surface area contributed by atoms with Crippen molar-refractivity contribution in [3.8, 4) is 0 Å². The summed E-state index contributed by atoms with van der Waals surface area (Å²) in [6, 6.07) is 19.2. The van der Waals surface area contributed by atoms with Gasteiger partial charge in [-0.25, -0.2) is 17.8 Å². The van der Waals surface area contributed by atoms with Crippen molar-refractivity contribution in [3.63, 3.8) is 0 Å². The maximum absolute atomic E-state index is 15.4. The monoisotopic (exact) mass is 697 g/mol. The number of carbonyl (C=O) groups is 1. The highest BCUT2D eigenvalue weighted by molar-refractivity contribution is 7.93. The molecule has 4 unspecified atom stereocenters. The zero-order valence-corrected chi connectivity index (χ0v) is 27.9. The van der Waals surface area contributed by atoms with Gasteiger partial charge in [0.2, 0.25) is 10.0 Å². The lowest BCUT2D eigenvalue weighted by molar-refractivity contribution is -0.179. The number of H-pyrrole nitrogens is 1. The molecule has 0 bridgehead atoms. The minimum atomic E-state index is -3.91. The predicted molar refractivity (Wildman–Crippen MR) is 177 cm³/mol. The minimum Gasteiger partial charge on any atom is -0.357 e. The Morgan fingerprint density at radius 3 is 2.38 bits per heavy atom. The number of aromatic nitrogens is 3. The first-order valence-electron chi connectivity index (χ1n) is 15.7. The first-order chi connectivity index (χ1) is 22.6. The second-order valence-electron chi connectivity index (χ2n) is 12.5. The Labute approximate surface area is 283 Å². The number of aryl methyl sites for hydroxylation is 1. The van der Waals surface area contributed by atoms with E-state index in [4.69, 9.17) is 27.9 Å². The van der Waals surface area contributed by atoms with Crippen LogP contribution in [0.5, 0.6) is 0 Å². The third-order valence-corrected chi connectivity index (χ3v) is 11.8. The Hall–Kier alpha value is -3.51. The average Bonchev–Trinajstić information content (AvgIpc) is 3.98. The van der Waals surface area contributed by atoms with E-state index in [1.54, 1.807) is 36.1 Å². The fourth-order valence-electron chi connectivity index (χ4n) is 6.50. The highest BCUT2D eigenvalue weighted by Gasteiger charge is 2.52. The van der Waals surface area contributed by atoms with Crippen molar-refractivity contribution >= 4 is 44.8 Å². The summed E-state index contributed by atoms with van der Waals surface area (Å²) >= 11 is 12.8. The first-order valence-corrected chi connectivity index (χ1v) is 18.0. The fourth-order valence-corrected chi connectivity index (χ4v) is 8.70. The van der Waals surface area contributed by atoms with Crippen molar-refractivity contribution in [2.24, 2.45) is 5.92 Å². The van der Waals surface area contributed by atoms with Crippen molar-refractivity contribution in [2.75, 3.05) is 10.8 Å². The molecule has 4 atom stereocenters. The van der Waals surface area contributed by atoms with Gasteiger partial charge in [0.15, 0.2) is 5.82 Å². The zero-order valence-electron chi connectivity index (χ0n) is 25.6. The van der Waals surface area contributed by atoms with E-state index >= 15 is 4.39 Å². The number of halogens is 3. The van der Waals surface area contributed by atoms with Crippen LogP contribution in [0.2, 0.25) is 10.0 Å². The van der Waals surface area contributed by atoms with Gasteiger partial charge < -0.3 is 9.64 Å². The standard InChI is InChI=1S/C34H34Cl2FN5O4S/c1-20-38-31(40-39-20)18-30-34(43)42(32(22-11-13-24(35)14-12-22)33(46-30)23-5-4-6-25(36)17-23)29(21-9-10-21)19-41(47(44,45)26-15-16-26)28-8-3-2-7-27(28)37/h2-8,11-14,17,21,26,29-30,32-33H,9-10,15-16,18-19H2,1H3,(H,38,39,40). The number of nitrogens with one attached hydrogen (secondary N) is 1. The predicted octanol–water partition coefficient (Wildman–Crippen LogP) is 6.59. The summed E-state index contributed by atoms with van der Waals surface area (Å²) in [5.74, 6) is 0.0559. The molecular weight excluding hydrogens is 664 g/mol. The van der Waals surface area contributed by atoms with Crippen LogP contribution in [-0.2, 0) is 26.0 Å². The van der Waals surface area contributed by atoms with Gasteiger partial charge in [0.05, 0.1) is 29.6 Å². The van der Waals surface area contributed by atoms with Crippen LogP contribution in [0.15, 0.2) is 72.8 Å². The number of morpholine rings is 1. The van der Waals surface area contributed by atoms with E-state index in [9.17, 15) is 13.2 Å². The second kappa shape index (κ2) is 12.8. The molecule has 1 saturated heterocycles. The number of benzene rings is 3. The van der Waals surface area contributed by atoms with Crippen molar-refractivity contribution < 1.29 is 22.3 Å². The molecule has 3 aromatic carbocycles. The molecule has 2 aliphatic carbocycles. The summed E-state index contributed by atoms with van der Waals surface area (Å²) in [7, 11) is -3.91. The van der Waals surface area contributed by atoms with Crippen molar-refractivity contribution in [1.29, 1.82) is 0 Å². The summed E-state index contributed by atoms with van der Waals surface area (Å²) in [6.45, 7) is 1.67. The zero-order chi connectivity index (χ0) is 32.9. The van der Waals surface area contributed by atoms with Crippen LogP contribution in [0, 0.1) is 18.7 Å². The van der Waals surface area contributed by atoms with Gasteiger partial charge in [-0.15, -0.1) is 0 Å². The van der Waals surface area contributed by atoms with Crippen LogP contribution in [0.4, 0.5) is 10.1 Å². The smallest absolute Gasteiger partial charge is 0.253 e. The Bertz CT molecular complexity index is 1880. The number of rotatable bonds is 11. The average molecular weight is 699 g/mol. The van der Waals surface area contributed by atoms with E-state index in [0.717, 1.165) is 24.0 Å². The van der Waals surface area contributed by atoms with E-state index in [2.05, 4.69) is 15.2 Å². The summed E-state index contributed by atoms with van der Waals surface area (Å²) < 4.78 is 51.3. The van der Waals surface area contributed by atoms with Gasteiger partial charge in [-0.1, -0.05) is 59.6 Å². The molecule has 1 amide bonds. The molecule has 2 heterocycles. The molecule has 3 aliphatic rings. The molecular formula is C34H34Cl2FN5O4S. The van der Waals surface area contributed by atoms with Crippen molar-refractivity contribution in [1.82, 2.24) is 20.1 Å².